The van der Waals surface area contributed by atoms with Crippen molar-refractivity contribution in [2.75, 3.05) is 6.54 Å². The number of thioether (sulfide) groups is 1. The molecule has 0 radical (unpaired) electrons. The molecule has 1 N–H and O–H groups in total. The average Bonchev–Trinajstić information content (AvgIpc) is 2.76. The Morgan fingerprint density at radius 3 is 2.92 bits per heavy atom. The molecule has 0 bridgehead atoms. The van der Waals surface area contributed by atoms with Crippen molar-refractivity contribution < 1.29 is 0 Å². The van der Waals surface area contributed by atoms with E-state index < -0.39 is 0 Å². The molecule has 13 heavy (non-hydrogen) atoms. The first-order valence-electron chi connectivity index (χ1n) is 5.21. The molecule has 1 fully saturated rings. The highest BCUT2D eigenvalue weighted by Crippen LogP contribution is 2.33. The normalized spacial score (nSPS) is 30.0. The zero-order valence-corrected chi connectivity index (χ0v) is 9.23. The Morgan fingerprint density at radius 2 is 2.38 bits per heavy atom. The molecule has 0 aromatic carbocycles. The fourth-order valence-corrected chi connectivity index (χ4v) is 2.63. The van der Waals surface area contributed by atoms with Gasteiger partial charge in [0.1, 0.15) is 0 Å². The largest absolute Gasteiger partial charge is 0.362 e. The predicted molar refractivity (Wildman–Crippen MR) is 59.3 cm³/mol. The average molecular weight is 198 g/mol. The molecule has 0 amide bonds. The lowest BCUT2D eigenvalue weighted by molar-refractivity contribution is 0.566. The van der Waals surface area contributed by atoms with Gasteiger partial charge in [-0.2, -0.15) is 0 Å². The Morgan fingerprint density at radius 1 is 1.62 bits per heavy atom. The minimum atomic E-state index is 0.615. The Labute approximate surface area is 84.6 Å². The van der Waals surface area contributed by atoms with Crippen molar-refractivity contribution in [3.8, 4) is 0 Å². The topological polar surface area (TPSA) is 24.4 Å². The molecule has 2 nitrogen and oxygen atoms in total. The van der Waals surface area contributed by atoms with Crippen LogP contribution in [0, 0.1) is 5.92 Å². The van der Waals surface area contributed by atoms with Crippen molar-refractivity contribution in [2.24, 2.45) is 10.9 Å². The number of rotatable bonds is 3. The number of nitrogens with one attached hydrogen (secondary N) is 1. The van der Waals surface area contributed by atoms with Gasteiger partial charge in [0.2, 0.25) is 0 Å². The molecule has 2 aliphatic rings. The Kier molecular flexibility index (Phi) is 2.82. The van der Waals surface area contributed by atoms with Crippen LogP contribution in [0.15, 0.2) is 4.99 Å². The Bertz CT molecular complexity index is 211. The highest BCUT2D eigenvalue weighted by atomic mass is 32.2. The van der Waals surface area contributed by atoms with Crippen LogP contribution < -0.4 is 5.32 Å². The molecule has 1 aliphatic heterocycles. The van der Waals surface area contributed by atoms with Crippen LogP contribution in [0.2, 0.25) is 0 Å². The van der Waals surface area contributed by atoms with E-state index >= 15 is 0 Å². The molecule has 0 spiro atoms. The van der Waals surface area contributed by atoms with Crippen molar-refractivity contribution in [1.82, 2.24) is 5.32 Å². The summed E-state index contributed by atoms with van der Waals surface area (Å²) in [7, 11) is 0. The molecule has 0 aromatic heterocycles. The van der Waals surface area contributed by atoms with E-state index in [2.05, 4.69) is 24.2 Å². The first-order chi connectivity index (χ1) is 6.24. The second-order valence-electron chi connectivity index (χ2n) is 4.30. The zero-order valence-electron chi connectivity index (χ0n) is 8.42. The van der Waals surface area contributed by atoms with Crippen molar-refractivity contribution >= 4 is 16.9 Å². The Hall–Kier alpha value is -0.180. The van der Waals surface area contributed by atoms with E-state index in [9.17, 15) is 0 Å². The lowest BCUT2D eigenvalue weighted by Crippen LogP contribution is -2.30. The van der Waals surface area contributed by atoms with Crippen LogP contribution in [0.3, 0.4) is 0 Å². The second-order valence-corrected chi connectivity index (χ2v) is 5.73. The van der Waals surface area contributed by atoms with Gasteiger partial charge in [-0.05, 0) is 19.3 Å². The monoisotopic (exact) mass is 198 g/mol. The van der Waals surface area contributed by atoms with E-state index in [1.54, 1.807) is 0 Å². The molecule has 0 aromatic rings. The van der Waals surface area contributed by atoms with E-state index in [1.165, 1.54) is 24.4 Å². The predicted octanol–water partition coefficient (Wildman–Crippen LogP) is 2.26. The van der Waals surface area contributed by atoms with Crippen LogP contribution in [0.1, 0.15) is 33.1 Å². The van der Waals surface area contributed by atoms with Crippen LogP contribution in [0.4, 0.5) is 0 Å². The summed E-state index contributed by atoms with van der Waals surface area (Å²) in [6.45, 7) is 5.49. The van der Waals surface area contributed by atoms with Gasteiger partial charge in [0.05, 0.1) is 6.54 Å². The first kappa shape index (κ1) is 9.38. The van der Waals surface area contributed by atoms with Crippen LogP contribution in [-0.4, -0.2) is 23.0 Å². The molecule has 1 heterocycles. The van der Waals surface area contributed by atoms with Crippen LogP contribution >= 0.6 is 11.8 Å². The molecule has 1 saturated carbocycles. The number of hydrogen-bond donors (Lipinski definition) is 1. The summed E-state index contributed by atoms with van der Waals surface area (Å²) in [4.78, 5) is 4.45. The lowest BCUT2D eigenvalue weighted by atomic mass is 10.2. The number of amidine groups is 1. The smallest absolute Gasteiger partial charge is 0.157 e. The molecular formula is C10H18N2S. The minimum Gasteiger partial charge on any atom is -0.362 e. The van der Waals surface area contributed by atoms with E-state index in [4.69, 9.17) is 0 Å². The third-order valence-corrected chi connectivity index (χ3v) is 3.58. The fourth-order valence-electron chi connectivity index (χ4n) is 1.68. The maximum absolute atomic E-state index is 4.45. The van der Waals surface area contributed by atoms with Gasteiger partial charge in [-0.25, -0.2) is 0 Å². The van der Waals surface area contributed by atoms with E-state index in [0.29, 0.717) is 11.3 Å². The highest BCUT2D eigenvalue weighted by molar-refractivity contribution is 8.14. The van der Waals surface area contributed by atoms with Gasteiger partial charge in [0, 0.05) is 11.3 Å². The summed E-state index contributed by atoms with van der Waals surface area (Å²) >= 11 is 1.88. The van der Waals surface area contributed by atoms with E-state index in [0.717, 1.165) is 12.5 Å². The summed E-state index contributed by atoms with van der Waals surface area (Å²) in [5, 5.41) is 5.34. The third-order valence-electron chi connectivity index (χ3n) is 2.56. The molecule has 2 atom stereocenters. The quantitative estimate of drug-likeness (QED) is 0.752. The van der Waals surface area contributed by atoms with Gasteiger partial charge >= 0.3 is 0 Å². The number of hydrogen-bond acceptors (Lipinski definition) is 3. The van der Waals surface area contributed by atoms with E-state index in [1.807, 2.05) is 11.8 Å². The van der Waals surface area contributed by atoms with Crippen molar-refractivity contribution in [3.63, 3.8) is 0 Å². The van der Waals surface area contributed by atoms with Gasteiger partial charge in [0.15, 0.2) is 5.17 Å². The van der Waals surface area contributed by atoms with Gasteiger partial charge in [-0.3, -0.25) is 4.99 Å². The molecular weight excluding hydrogens is 180 g/mol. The second kappa shape index (κ2) is 3.91. The summed E-state index contributed by atoms with van der Waals surface area (Å²) in [6.07, 6.45) is 4.22. The molecule has 1 aliphatic carbocycles. The maximum Gasteiger partial charge on any atom is 0.157 e. The van der Waals surface area contributed by atoms with Crippen molar-refractivity contribution in [1.29, 1.82) is 0 Å². The molecule has 3 heteroatoms. The Balaban J connectivity index is 1.70. The minimum absolute atomic E-state index is 0.615. The highest BCUT2D eigenvalue weighted by Gasteiger charge is 2.24. The summed E-state index contributed by atoms with van der Waals surface area (Å²) in [6, 6.07) is 0.615. The molecule has 74 valence electrons. The summed E-state index contributed by atoms with van der Waals surface area (Å²) in [5.74, 6) is 1.01. The van der Waals surface area contributed by atoms with E-state index in [-0.39, 0.29) is 0 Å². The summed E-state index contributed by atoms with van der Waals surface area (Å²) in [5.41, 5.74) is 0. The summed E-state index contributed by atoms with van der Waals surface area (Å²) < 4.78 is 0. The number of aliphatic imine (C=N–C) groups is 1. The SMILES string of the molecule is CC(CC1CC1)NC1=NCC(C)S1. The standard InChI is InChI=1S/C10H18N2S/c1-7(5-9-3-4-9)12-10-11-6-8(2)13-10/h7-9H,3-6H2,1-2H3,(H,11,12). The van der Waals surface area contributed by atoms with Gasteiger partial charge < -0.3 is 5.32 Å². The number of nitrogens with zero attached hydrogens (tertiary/aromatic N) is 1. The molecule has 0 saturated heterocycles. The third kappa shape index (κ3) is 2.90. The van der Waals surface area contributed by atoms with Crippen LogP contribution in [-0.2, 0) is 0 Å². The van der Waals surface area contributed by atoms with Crippen molar-refractivity contribution in [3.05, 3.63) is 0 Å². The van der Waals surface area contributed by atoms with Gasteiger partial charge in [-0.15, -0.1) is 0 Å². The van der Waals surface area contributed by atoms with Gasteiger partial charge in [0.25, 0.3) is 0 Å². The lowest BCUT2D eigenvalue weighted by Gasteiger charge is -2.13. The van der Waals surface area contributed by atoms with Gasteiger partial charge in [-0.1, -0.05) is 31.5 Å². The van der Waals surface area contributed by atoms with Crippen LogP contribution in [0.5, 0.6) is 0 Å². The zero-order chi connectivity index (χ0) is 9.26. The first-order valence-corrected chi connectivity index (χ1v) is 6.09. The maximum atomic E-state index is 4.45. The fraction of sp³-hybridized carbons (Fsp3) is 0.900. The molecule has 2 rings (SSSR count). The molecule has 2 unspecified atom stereocenters. The van der Waals surface area contributed by atoms with Crippen LogP contribution in [0.25, 0.3) is 0 Å². The van der Waals surface area contributed by atoms with Crippen molar-refractivity contribution in [2.45, 2.75) is 44.4 Å².